The van der Waals surface area contributed by atoms with Gasteiger partial charge in [-0.25, -0.2) is 4.68 Å². The van der Waals surface area contributed by atoms with E-state index in [1.165, 1.54) is 0 Å². The number of nitrogens with zero attached hydrogens (tertiary/aromatic N) is 2. The quantitative estimate of drug-likeness (QED) is 0.342. The van der Waals surface area contributed by atoms with E-state index in [9.17, 15) is 0 Å². The lowest BCUT2D eigenvalue weighted by Gasteiger charge is -2.12. The highest BCUT2D eigenvalue weighted by atomic mass is 35.5. The maximum Gasteiger partial charge on any atom is 0.256 e. The second-order valence-corrected chi connectivity index (χ2v) is 6.73. The Kier molecular flexibility index (Phi) is 5.58. The molecule has 0 spiro atoms. The van der Waals surface area contributed by atoms with Gasteiger partial charge in [0.1, 0.15) is 17.2 Å². The van der Waals surface area contributed by atoms with Crippen molar-refractivity contribution in [3.05, 3.63) is 71.9 Å². The lowest BCUT2D eigenvalue weighted by molar-refractivity contribution is 0.289. The van der Waals surface area contributed by atoms with Crippen LogP contribution in [0.15, 0.2) is 71.3 Å². The third-order valence-electron chi connectivity index (χ3n) is 4.44. The van der Waals surface area contributed by atoms with E-state index in [1.54, 1.807) is 10.9 Å². The molecular weight excluding hydrogens is 388 g/mol. The van der Waals surface area contributed by atoms with Crippen LogP contribution < -0.4 is 9.47 Å². The molecule has 0 N–H and O–H groups in total. The Balaban J connectivity index is 1.77. The number of ether oxygens (including phenoxy) is 2. The van der Waals surface area contributed by atoms with Crippen LogP contribution in [0.5, 0.6) is 17.4 Å². The molecule has 5 nitrogen and oxygen atoms in total. The van der Waals surface area contributed by atoms with Gasteiger partial charge in [0.05, 0.1) is 17.9 Å². The van der Waals surface area contributed by atoms with Gasteiger partial charge in [-0.2, -0.15) is 5.10 Å². The molecule has 0 bridgehead atoms. The zero-order valence-electron chi connectivity index (χ0n) is 16.3. The summed E-state index contributed by atoms with van der Waals surface area (Å²) in [5, 5.41) is 5.19. The third kappa shape index (κ3) is 3.87. The Labute approximate surface area is 174 Å². The predicted octanol–water partition coefficient (Wildman–Crippen LogP) is 6.67. The summed E-state index contributed by atoms with van der Waals surface area (Å²) < 4.78 is 19.4. The summed E-state index contributed by atoms with van der Waals surface area (Å²) >= 11 is 6.53. The van der Waals surface area contributed by atoms with Crippen molar-refractivity contribution in [3.8, 4) is 40.0 Å². The fourth-order valence-electron chi connectivity index (χ4n) is 3.09. The monoisotopic (exact) mass is 408 g/mol. The lowest BCUT2D eigenvalue weighted by Crippen LogP contribution is -2.03. The molecule has 0 unspecified atom stereocenters. The zero-order valence-corrected chi connectivity index (χ0v) is 17.0. The molecule has 6 heteroatoms. The summed E-state index contributed by atoms with van der Waals surface area (Å²) in [5.74, 6) is 2.40. The summed E-state index contributed by atoms with van der Waals surface area (Å²) in [6.45, 7) is 5.11. The number of aryl methyl sites for hydroxylation is 1. The van der Waals surface area contributed by atoms with Gasteiger partial charge in [-0.3, -0.25) is 0 Å². The Bertz CT molecular complexity index is 1090. The second-order valence-electron chi connectivity index (χ2n) is 6.32. The lowest BCUT2D eigenvalue weighted by atomic mass is 10.1. The average Bonchev–Trinajstić information content (AvgIpc) is 3.39. The van der Waals surface area contributed by atoms with Crippen molar-refractivity contribution in [2.45, 2.75) is 20.4 Å². The number of halogens is 1. The number of hydrogen-bond donors (Lipinski definition) is 0. The topological polar surface area (TPSA) is 49.4 Å². The van der Waals surface area contributed by atoms with E-state index in [4.69, 9.17) is 30.6 Å². The first kappa shape index (κ1) is 19.2. The first-order valence-electron chi connectivity index (χ1n) is 9.51. The highest BCUT2D eigenvalue weighted by Crippen LogP contribution is 2.43. The van der Waals surface area contributed by atoms with Crippen molar-refractivity contribution in [3.63, 3.8) is 0 Å². The standard InChI is InChI=1S/C23H21ClN2O3/c1-3-26-23(27-4-2)22(21(25-26)16-9-6-5-7-10-16)29-20-13-12-17(15-18(20)24)19-11-8-14-28-19/h5-15H,3-4H2,1-2H3. The molecule has 0 fully saturated rings. The minimum Gasteiger partial charge on any atom is -0.475 e. The van der Waals surface area contributed by atoms with Gasteiger partial charge in [-0.1, -0.05) is 41.9 Å². The molecule has 0 aliphatic carbocycles. The number of hydrogen-bond acceptors (Lipinski definition) is 4. The number of furan rings is 1. The van der Waals surface area contributed by atoms with Crippen molar-refractivity contribution >= 4 is 11.6 Å². The first-order valence-corrected chi connectivity index (χ1v) is 9.89. The molecule has 0 saturated heterocycles. The normalized spacial score (nSPS) is 10.9. The molecule has 0 aliphatic heterocycles. The first-order chi connectivity index (χ1) is 14.2. The van der Waals surface area contributed by atoms with Crippen molar-refractivity contribution in [1.29, 1.82) is 0 Å². The summed E-state index contributed by atoms with van der Waals surface area (Å²) in [6.07, 6.45) is 1.63. The molecule has 0 amide bonds. The van der Waals surface area contributed by atoms with Crippen LogP contribution in [0.4, 0.5) is 0 Å². The van der Waals surface area contributed by atoms with Gasteiger partial charge >= 0.3 is 0 Å². The molecule has 0 radical (unpaired) electrons. The molecular formula is C23H21ClN2O3. The van der Waals surface area contributed by atoms with E-state index < -0.39 is 0 Å². The summed E-state index contributed by atoms with van der Waals surface area (Å²) in [4.78, 5) is 0. The molecule has 2 heterocycles. The van der Waals surface area contributed by atoms with E-state index in [0.29, 0.717) is 41.2 Å². The Morgan fingerprint density at radius 2 is 1.83 bits per heavy atom. The third-order valence-corrected chi connectivity index (χ3v) is 4.74. The van der Waals surface area contributed by atoms with Crippen molar-refractivity contribution < 1.29 is 13.9 Å². The minimum absolute atomic E-state index is 0.476. The van der Waals surface area contributed by atoms with Crippen LogP contribution in [0, 0.1) is 0 Å². The molecule has 29 heavy (non-hydrogen) atoms. The molecule has 0 aliphatic rings. The van der Waals surface area contributed by atoms with Crippen LogP contribution in [0.2, 0.25) is 5.02 Å². The van der Waals surface area contributed by atoms with Gasteiger partial charge in [-0.05, 0) is 44.2 Å². The molecule has 4 rings (SSSR count). The van der Waals surface area contributed by atoms with Crippen LogP contribution in [-0.2, 0) is 6.54 Å². The number of aromatic nitrogens is 2. The summed E-state index contributed by atoms with van der Waals surface area (Å²) in [6, 6.07) is 19.2. The van der Waals surface area contributed by atoms with Gasteiger partial charge < -0.3 is 13.9 Å². The summed E-state index contributed by atoms with van der Waals surface area (Å²) in [5.41, 5.74) is 2.53. The van der Waals surface area contributed by atoms with E-state index in [1.807, 2.05) is 74.5 Å². The average molecular weight is 409 g/mol. The smallest absolute Gasteiger partial charge is 0.256 e. The maximum atomic E-state index is 6.53. The molecule has 2 aromatic heterocycles. The SMILES string of the molecule is CCOc1c(Oc2ccc(-c3ccco3)cc2Cl)c(-c2ccccc2)nn1CC. The van der Waals surface area contributed by atoms with E-state index in [-0.39, 0.29) is 0 Å². The number of benzene rings is 2. The minimum atomic E-state index is 0.476. The summed E-state index contributed by atoms with van der Waals surface area (Å²) in [7, 11) is 0. The van der Waals surface area contributed by atoms with Crippen molar-refractivity contribution in [2.75, 3.05) is 6.61 Å². The maximum absolute atomic E-state index is 6.53. The number of rotatable bonds is 7. The van der Waals surface area contributed by atoms with Crippen molar-refractivity contribution in [1.82, 2.24) is 9.78 Å². The highest BCUT2D eigenvalue weighted by molar-refractivity contribution is 6.32. The fourth-order valence-corrected chi connectivity index (χ4v) is 3.31. The van der Waals surface area contributed by atoms with Crippen LogP contribution in [0.25, 0.3) is 22.6 Å². The van der Waals surface area contributed by atoms with Gasteiger partial charge in [0.25, 0.3) is 5.88 Å². The molecule has 4 aromatic rings. The van der Waals surface area contributed by atoms with Crippen molar-refractivity contribution in [2.24, 2.45) is 0 Å². The predicted molar refractivity (Wildman–Crippen MR) is 114 cm³/mol. The highest BCUT2D eigenvalue weighted by Gasteiger charge is 2.23. The van der Waals surface area contributed by atoms with E-state index >= 15 is 0 Å². The van der Waals surface area contributed by atoms with Crippen LogP contribution in [0.3, 0.4) is 0 Å². The van der Waals surface area contributed by atoms with Crippen LogP contribution in [0.1, 0.15) is 13.8 Å². The molecule has 0 saturated carbocycles. The van der Waals surface area contributed by atoms with E-state index in [0.717, 1.165) is 16.9 Å². The van der Waals surface area contributed by atoms with Gasteiger partial charge in [0.2, 0.25) is 5.75 Å². The Morgan fingerprint density at radius 1 is 1.00 bits per heavy atom. The second kappa shape index (κ2) is 8.45. The van der Waals surface area contributed by atoms with Crippen LogP contribution >= 0.6 is 11.6 Å². The molecule has 0 atom stereocenters. The Morgan fingerprint density at radius 3 is 2.48 bits per heavy atom. The van der Waals surface area contributed by atoms with Crippen LogP contribution in [-0.4, -0.2) is 16.4 Å². The largest absolute Gasteiger partial charge is 0.475 e. The van der Waals surface area contributed by atoms with Gasteiger partial charge in [0, 0.05) is 17.7 Å². The van der Waals surface area contributed by atoms with Gasteiger partial charge in [0.15, 0.2) is 0 Å². The molecule has 2 aromatic carbocycles. The van der Waals surface area contributed by atoms with Gasteiger partial charge in [-0.15, -0.1) is 0 Å². The fraction of sp³-hybridized carbons (Fsp3) is 0.174. The Hall–Kier alpha value is -3.18. The van der Waals surface area contributed by atoms with E-state index in [2.05, 4.69) is 0 Å². The zero-order chi connectivity index (χ0) is 20.2. The molecule has 148 valence electrons.